The van der Waals surface area contributed by atoms with Gasteiger partial charge < -0.3 is 15.4 Å². The fourth-order valence-electron chi connectivity index (χ4n) is 3.58. The second-order valence-corrected chi connectivity index (χ2v) is 8.47. The number of hydrogen-bond donors (Lipinski definition) is 2. The Hall–Kier alpha value is -1.16. The number of nitrogens with zero attached hydrogens (tertiary/aromatic N) is 2. The van der Waals surface area contributed by atoms with E-state index >= 15 is 0 Å². The molecular weight excluding hydrogens is 507 g/mol. The van der Waals surface area contributed by atoms with Crippen LogP contribution in [0.25, 0.3) is 0 Å². The topological polar surface area (TPSA) is 48.9 Å². The molecular formula is C23H35IN4OS. The number of nitrogens with one attached hydrogen (secondary N) is 2. The van der Waals surface area contributed by atoms with Gasteiger partial charge in [0.2, 0.25) is 0 Å². The monoisotopic (exact) mass is 542 g/mol. The highest BCUT2D eigenvalue weighted by molar-refractivity contribution is 14.0. The van der Waals surface area contributed by atoms with E-state index in [1.807, 2.05) is 7.05 Å². The van der Waals surface area contributed by atoms with Gasteiger partial charge in [0, 0.05) is 51.3 Å². The summed E-state index contributed by atoms with van der Waals surface area (Å²) in [5.41, 5.74) is 1.40. The van der Waals surface area contributed by atoms with Crippen LogP contribution in [0.5, 0.6) is 0 Å². The molecule has 166 valence electrons. The van der Waals surface area contributed by atoms with Gasteiger partial charge in [-0.15, -0.1) is 35.3 Å². The first-order valence-corrected chi connectivity index (χ1v) is 11.6. The zero-order valence-electron chi connectivity index (χ0n) is 17.9. The molecule has 1 aliphatic heterocycles. The summed E-state index contributed by atoms with van der Waals surface area (Å²) >= 11 is 1.80. The molecule has 5 nitrogen and oxygen atoms in total. The molecule has 0 bridgehead atoms. The largest absolute Gasteiger partial charge is 0.378 e. The van der Waals surface area contributed by atoms with Crippen LogP contribution in [0.3, 0.4) is 0 Å². The number of thiophene rings is 1. The number of guanidine groups is 1. The summed E-state index contributed by atoms with van der Waals surface area (Å²) in [6.07, 6.45) is 4.70. The third-order valence-corrected chi connectivity index (χ3v) is 6.15. The number of aliphatic imine (C=N–C) groups is 1. The molecule has 0 unspecified atom stereocenters. The predicted molar refractivity (Wildman–Crippen MR) is 138 cm³/mol. The van der Waals surface area contributed by atoms with Gasteiger partial charge in [0.15, 0.2) is 5.96 Å². The fraction of sp³-hybridized carbons (Fsp3) is 0.522. The average molecular weight is 543 g/mol. The smallest absolute Gasteiger partial charge is 0.190 e. The van der Waals surface area contributed by atoms with Crippen molar-refractivity contribution in [3.63, 3.8) is 0 Å². The number of rotatable bonds is 10. The Morgan fingerprint density at radius 3 is 2.57 bits per heavy atom. The SMILES string of the molecule is CN=C(NCCCOC1CCN(Cc2ccccc2)CC1)NCCc1cccs1.I. The number of piperidine rings is 1. The molecule has 7 heteroatoms. The van der Waals surface area contributed by atoms with Crippen LogP contribution in [0.2, 0.25) is 0 Å². The summed E-state index contributed by atoms with van der Waals surface area (Å²) in [5.74, 6) is 0.871. The molecule has 1 aromatic carbocycles. The first-order chi connectivity index (χ1) is 14.3. The zero-order valence-corrected chi connectivity index (χ0v) is 21.0. The van der Waals surface area contributed by atoms with Crippen LogP contribution in [-0.4, -0.2) is 56.8 Å². The van der Waals surface area contributed by atoms with Crippen LogP contribution >= 0.6 is 35.3 Å². The van der Waals surface area contributed by atoms with Crippen molar-refractivity contribution in [3.8, 4) is 0 Å². The molecule has 30 heavy (non-hydrogen) atoms. The summed E-state index contributed by atoms with van der Waals surface area (Å²) in [6.45, 7) is 5.89. The van der Waals surface area contributed by atoms with E-state index in [0.29, 0.717) is 6.10 Å². The van der Waals surface area contributed by atoms with E-state index < -0.39 is 0 Å². The maximum absolute atomic E-state index is 6.10. The molecule has 0 saturated carbocycles. The minimum absolute atomic E-state index is 0. The van der Waals surface area contributed by atoms with Gasteiger partial charge in [0.25, 0.3) is 0 Å². The molecule has 1 aromatic heterocycles. The Morgan fingerprint density at radius 2 is 1.87 bits per heavy atom. The molecule has 1 saturated heterocycles. The van der Waals surface area contributed by atoms with Gasteiger partial charge in [-0.05, 0) is 42.7 Å². The molecule has 0 spiro atoms. The highest BCUT2D eigenvalue weighted by Gasteiger charge is 2.19. The number of halogens is 1. The first-order valence-electron chi connectivity index (χ1n) is 10.7. The van der Waals surface area contributed by atoms with E-state index in [0.717, 1.165) is 71.0 Å². The number of benzene rings is 1. The third kappa shape index (κ3) is 9.32. The minimum atomic E-state index is 0. The first kappa shape index (κ1) is 25.1. The van der Waals surface area contributed by atoms with E-state index in [1.165, 1.54) is 10.4 Å². The summed E-state index contributed by atoms with van der Waals surface area (Å²) in [7, 11) is 1.82. The Balaban J connectivity index is 0.00000320. The quantitative estimate of drug-likeness (QED) is 0.205. The lowest BCUT2D eigenvalue weighted by Crippen LogP contribution is -2.39. The summed E-state index contributed by atoms with van der Waals surface area (Å²) < 4.78 is 6.10. The average Bonchev–Trinajstić information content (AvgIpc) is 3.28. The highest BCUT2D eigenvalue weighted by atomic mass is 127. The Labute approximate surface area is 202 Å². The van der Waals surface area contributed by atoms with Crippen molar-refractivity contribution in [2.45, 2.75) is 38.3 Å². The lowest BCUT2D eigenvalue weighted by molar-refractivity contribution is 0.00534. The normalized spacial score (nSPS) is 15.6. The lowest BCUT2D eigenvalue weighted by Gasteiger charge is -2.32. The standard InChI is InChI=1S/C23H34N4OS.HI/c1-24-23(26-14-10-22-9-5-18-29-22)25-13-6-17-28-21-11-15-27(16-12-21)19-20-7-3-2-4-8-20;/h2-5,7-9,18,21H,6,10-17,19H2,1H3,(H2,24,25,26);1H. The van der Waals surface area contributed by atoms with E-state index in [2.05, 4.69) is 68.4 Å². The maximum Gasteiger partial charge on any atom is 0.190 e. The maximum atomic E-state index is 6.10. The van der Waals surface area contributed by atoms with E-state index in [1.54, 1.807) is 11.3 Å². The Bertz CT molecular complexity index is 703. The summed E-state index contributed by atoms with van der Waals surface area (Å²) in [4.78, 5) is 8.22. The van der Waals surface area contributed by atoms with Gasteiger partial charge in [-0.2, -0.15) is 0 Å². The Kier molecular flexibility index (Phi) is 12.4. The third-order valence-electron chi connectivity index (χ3n) is 5.22. The van der Waals surface area contributed by atoms with Crippen molar-refractivity contribution in [1.29, 1.82) is 0 Å². The molecule has 0 atom stereocenters. The molecule has 1 aliphatic rings. The number of likely N-dealkylation sites (tertiary alicyclic amines) is 1. The van der Waals surface area contributed by atoms with Gasteiger partial charge in [0.1, 0.15) is 0 Å². The second kappa shape index (κ2) is 14.8. The highest BCUT2D eigenvalue weighted by Crippen LogP contribution is 2.16. The van der Waals surface area contributed by atoms with Gasteiger partial charge in [-0.3, -0.25) is 9.89 Å². The van der Waals surface area contributed by atoms with Crippen molar-refractivity contribution in [3.05, 3.63) is 58.3 Å². The van der Waals surface area contributed by atoms with Crippen LogP contribution in [0.15, 0.2) is 52.8 Å². The van der Waals surface area contributed by atoms with Crippen molar-refractivity contribution in [1.82, 2.24) is 15.5 Å². The molecule has 0 amide bonds. The van der Waals surface area contributed by atoms with Crippen LogP contribution < -0.4 is 10.6 Å². The second-order valence-electron chi connectivity index (χ2n) is 7.44. The van der Waals surface area contributed by atoms with E-state index in [9.17, 15) is 0 Å². The summed E-state index contributed by atoms with van der Waals surface area (Å²) in [6, 6.07) is 15.0. The summed E-state index contributed by atoms with van der Waals surface area (Å²) in [5, 5.41) is 8.87. The van der Waals surface area contributed by atoms with Gasteiger partial charge in [-0.25, -0.2) is 0 Å². The number of hydrogen-bond acceptors (Lipinski definition) is 4. The Morgan fingerprint density at radius 1 is 1.10 bits per heavy atom. The molecule has 0 radical (unpaired) electrons. The molecule has 2 N–H and O–H groups in total. The fourth-order valence-corrected chi connectivity index (χ4v) is 4.29. The minimum Gasteiger partial charge on any atom is -0.378 e. The van der Waals surface area contributed by atoms with E-state index in [4.69, 9.17) is 4.74 Å². The van der Waals surface area contributed by atoms with Crippen LogP contribution in [0.1, 0.15) is 29.7 Å². The zero-order chi connectivity index (χ0) is 20.2. The molecule has 2 heterocycles. The van der Waals surface area contributed by atoms with Gasteiger partial charge >= 0.3 is 0 Å². The van der Waals surface area contributed by atoms with Crippen molar-refractivity contribution in [2.24, 2.45) is 4.99 Å². The van der Waals surface area contributed by atoms with Crippen LogP contribution in [0.4, 0.5) is 0 Å². The van der Waals surface area contributed by atoms with Gasteiger partial charge in [-0.1, -0.05) is 36.4 Å². The van der Waals surface area contributed by atoms with Crippen molar-refractivity contribution < 1.29 is 4.74 Å². The number of ether oxygens (including phenoxy) is 1. The van der Waals surface area contributed by atoms with Gasteiger partial charge in [0.05, 0.1) is 6.10 Å². The lowest BCUT2D eigenvalue weighted by atomic mass is 10.1. The predicted octanol–water partition coefficient (Wildman–Crippen LogP) is 4.14. The molecule has 0 aliphatic carbocycles. The molecule has 2 aromatic rings. The van der Waals surface area contributed by atoms with Crippen molar-refractivity contribution in [2.75, 3.05) is 39.8 Å². The van der Waals surface area contributed by atoms with Crippen LogP contribution in [-0.2, 0) is 17.7 Å². The molecule has 1 fully saturated rings. The van der Waals surface area contributed by atoms with Crippen LogP contribution in [0, 0.1) is 0 Å². The molecule has 3 rings (SSSR count). The van der Waals surface area contributed by atoms with Crippen molar-refractivity contribution >= 4 is 41.3 Å². The van der Waals surface area contributed by atoms with E-state index in [-0.39, 0.29) is 24.0 Å².